The van der Waals surface area contributed by atoms with Gasteiger partial charge in [0.25, 0.3) is 0 Å². The van der Waals surface area contributed by atoms with E-state index in [1.165, 1.54) is 12.1 Å². The predicted molar refractivity (Wildman–Crippen MR) is 67.3 cm³/mol. The summed E-state index contributed by atoms with van der Waals surface area (Å²) in [5.74, 6) is -0.523. The van der Waals surface area contributed by atoms with Crippen molar-refractivity contribution in [2.24, 2.45) is 0 Å². The lowest BCUT2D eigenvalue weighted by Gasteiger charge is -2.05. The van der Waals surface area contributed by atoms with Crippen LogP contribution in [0.1, 0.15) is 21.5 Å². The van der Waals surface area contributed by atoms with Gasteiger partial charge in [0.1, 0.15) is 11.6 Å². The van der Waals surface area contributed by atoms with Crippen molar-refractivity contribution in [2.75, 3.05) is 0 Å². The maximum Gasteiger partial charge on any atom is 0.170 e. The van der Waals surface area contributed by atoms with Crippen LogP contribution in [0.5, 0.6) is 5.75 Å². The summed E-state index contributed by atoms with van der Waals surface area (Å²) in [7, 11) is 0. The third-order valence-corrected chi connectivity index (χ3v) is 2.73. The van der Waals surface area contributed by atoms with E-state index in [0.29, 0.717) is 5.56 Å². The van der Waals surface area contributed by atoms with Crippen LogP contribution >= 0.6 is 0 Å². The Hall–Kier alpha value is -2.16. The van der Waals surface area contributed by atoms with Crippen molar-refractivity contribution in [3.05, 3.63) is 65.0 Å². The van der Waals surface area contributed by atoms with E-state index in [4.69, 9.17) is 0 Å². The first-order valence-electron chi connectivity index (χ1n) is 5.63. The van der Waals surface area contributed by atoms with Crippen molar-refractivity contribution in [2.45, 2.75) is 13.3 Å². The molecule has 0 heterocycles. The molecule has 0 fully saturated rings. The molecule has 0 saturated carbocycles. The van der Waals surface area contributed by atoms with Crippen LogP contribution in [-0.2, 0) is 6.42 Å². The Labute approximate surface area is 105 Å². The Morgan fingerprint density at radius 1 is 1.17 bits per heavy atom. The number of Topliss-reactive ketones (excluding diaryl/α,β-unsaturated/α-hetero) is 1. The van der Waals surface area contributed by atoms with Gasteiger partial charge in [-0.3, -0.25) is 4.79 Å². The molecule has 0 bridgehead atoms. The lowest BCUT2D eigenvalue weighted by atomic mass is 10.0. The van der Waals surface area contributed by atoms with Gasteiger partial charge < -0.3 is 5.11 Å². The largest absolute Gasteiger partial charge is 0.507 e. The van der Waals surface area contributed by atoms with Gasteiger partial charge in [-0.1, -0.05) is 18.2 Å². The molecular weight excluding hydrogens is 231 g/mol. The molecule has 0 amide bonds. The van der Waals surface area contributed by atoms with Crippen molar-refractivity contribution in [1.82, 2.24) is 0 Å². The number of carbonyl (C=O) groups is 1. The maximum absolute atomic E-state index is 12.7. The molecule has 18 heavy (non-hydrogen) atoms. The first-order valence-corrected chi connectivity index (χ1v) is 5.63. The molecule has 1 N–H and O–H groups in total. The number of hydrogen-bond acceptors (Lipinski definition) is 2. The summed E-state index contributed by atoms with van der Waals surface area (Å²) in [6, 6.07) is 10.7. The topological polar surface area (TPSA) is 37.3 Å². The molecule has 0 aliphatic rings. The molecule has 2 aromatic carbocycles. The number of carbonyl (C=O) groups excluding carboxylic acids is 1. The van der Waals surface area contributed by atoms with E-state index in [2.05, 4.69) is 0 Å². The average Bonchev–Trinajstić information content (AvgIpc) is 2.32. The Morgan fingerprint density at radius 3 is 2.44 bits per heavy atom. The van der Waals surface area contributed by atoms with E-state index in [1.54, 1.807) is 30.3 Å². The van der Waals surface area contributed by atoms with Crippen molar-refractivity contribution >= 4 is 5.78 Å². The fraction of sp³-hybridized carbons (Fsp3) is 0.133. The quantitative estimate of drug-likeness (QED) is 0.841. The van der Waals surface area contributed by atoms with E-state index < -0.39 is 0 Å². The average molecular weight is 244 g/mol. The monoisotopic (exact) mass is 244 g/mol. The highest BCUT2D eigenvalue weighted by Crippen LogP contribution is 2.20. The number of aryl methyl sites for hydroxylation is 1. The minimum absolute atomic E-state index is 0.0119. The van der Waals surface area contributed by atoms with Gasteiger partial charge >= 0.3 is 0 Å². The Morgan fingerprint density at radius 2 is 1.83 bits per heavy atom. The molecule has 0 radical (unpaired) electrons. The van der Waals surface area contributed by atoms with Crippen molar-refractivity contribution in [3.63, 3.8) is 0 Å². The van der Waals surface area contributed by atoms with Crippen LogP contribution < -0.4 is 0 Å². The normalized spacial score (nSPS) is 10.3. The summed E-state index contributed by atoms with van der Waals surface area (Å²) in [6.45, 7) is 1.84. The summed E-state index contributed by atoms with van der Waals surface area (Å²) < 4.78 is 12.7. The van der Waals surface area contributed by atoms with Crippen LogP contribution in [0.4, 0.5) is 4.39 Å². The first kappa shape index (κ1) is 12.3. The molecule has 0 spiro atoms. The zero-order chi connectivity index (χ0) is 13.1. The number of aromatic hydroxyl groups is 1. The Bertz CT molecular complexity index is 574. The van der Waals surface area contributed by atoms with Gasteiger partial charge in [0.05, 0.1) is 5.56 Å². The molecule has 2 aromatic rings. The smallest absolute Gasteiger partial charge is 0.170 e. The van der Waals surface area contributed by atoms with Crippen molar-refractivity contribution < 1.29 is 14.3 Å². The predicted octanol–water partition coefficient (Wildman–Crippen LogP) is 3.27. The molecule has 92 valence electrons. The zero-order valence-electron chi connectivity index (χ0n) is 9.98. The summed E-state index contributed by atoms with van der Waals surface area (Å²) in [4.78, 5) is 12.0. The van der Waals surface area contributed by atoms with Gasteiger partial charge in [-0.25, -0.2) is 4.39 Å². The number of phenolic OH excluding ortho intramolecular Hbond substituents is 1. The van der Waals surface area contributed by atoms with Crippen LogP contribution in [0.3, 0.4) is 0 Å². The molecule has 0 aliphatic heterocycles. The lowest BCUT2D eigenvalue weighted by Crippen LogP contribution is -2.04. The first-order chi connectivity index (χ1) is 8.56. The molecule has 0 atom stereocenters. The van der Waals surface area contributed by atoms with Crippen LogP contribution in [0.2, 0.25) is 0 Å². The number of phenols is 1. The van der Waals surface area contributed by atoms with Gasteiger partial charge in [0.2, 0.25) is 0 Å². The Kier molecular flexibility index (Phi) is 3.42. The number of benzene rings is 2. The van der Waals surface area contributed by atoms with Gasteiger partial charge in [0, 0.05) is 6.42 Å². The van der Waals surface area contributed by atoms with Crippen LogP contribution in [0, 0.1) is 12.7 Å². The fourth-order valence-corrected chi connectivity index (χ4v) is 1.76. The molecule has 0 aliphatic carbocycles. The second-order valence-electron chi connectivity index (χ2n) is 4.25. The second-order valence-corrected chi connectivity index (χ2v) is 4.25. The van der Waals surface area contributed by atoms with Crippen LogP contribution in [0.15, 0.2) is 42.5 Å². The molecule has 0 aromatic heterocycles. The number of rotatable bonds is 3. The Balaban J connectivity index is 2.19. The highest BCUT2D eigenvalue weighted by molar-refractivity contribution is 5.99. The number of halogens is 1. The third-order valence-electron chi connectivity index (χ3n) is 2.73. The third kappa shape index (κ3) is 2.74. The standard InChI is InChI=1S/C15H13FO2/c1-10-2-7-13(14(17)8-10)15(18)9-11-3-5-12(16)6-4-11/h2-8,17H,9H2,1H3. The van der Waals surface area contributed by atoms with Crippen molar-refractivity contribution in [3.8, 4) is 5.75 Å². The molecule has 3 heteroatoms. The highest BCUT2D eigenvalue weighted by atomic mass is 19.1. The van der Waals surface area contributed by atoms with Gasteiger partial charge in [-0.05, 0) is 42.3 Å². The summed E-state index contributed by atoms with van der Waals surface area (Å²) >= 11 is 0. The van der Waals surface area contributed by atoms with Gasteiger partial charge in [0.15, 0.2) is 5.78 Å². The number of hydrogen-bond donors (Lipinski definition) is 1. The fourth-order valence-electron chi connectivity index (χ4n) is 1.76. The number of ketones is 1. The second kappa shape index (κ2) is 5.00. The zero-order valence-corrected chi connectivity index (χ0v) is 9.98. The molecule has 0 saturated heterocycles. The van der Waals surface area contributed by atoms with E-state index in [-0.39, 0.29) is 23.8 Å². The SMILES string of the molecule is Cc1ccc(C(=O)Cc2ccc(F)cc2)c(O)c1. The van der Waals surface area contributed by atoms with E-state index in [0.717, 1.165) is 11.1 Å². The summed E-state index contributed by atoms with van der Waals surface area (Å²) in [5, 5.41) is 9.70. The van der Waals surface area contributed by atoms with E-state index >= 15 is 0 Å². The molecule has 2 nitrogen and oxygen atoms in total. The van der Waals surface area contributed by atoms with E-state index in [9.17, 15) is 14.3 Å². The molecular formula is C15H13FO2. The summed E-state index contributed by atoms with van der Waals surface area (Å²) in [5.41, 5.74) is 1.91. The van der Waals surface area contributed by atoms with Crippen LogP contribution in [-0.4, -0.2) is 10.9 Å². The minimum Gasteiger partial charge on any atom is -0.507 e. The highest BCUT2D eigenvalue weighted by Gasteiger charge is 2.11. The van der Waals surface area contributed by atoms with Gasteiger partial charge in [-0.2, -0.15) is 0 Å². The van der Waals surface area contributed by atoms with Gasteiger partial charge in [-0.15, -0.1) is 0 Å². The maximum atomic E-state index is 12.7. The van der Waals surface area contributed by atoms with Crippen molar-refractivity contribution in [1.29, 1.82) is 0 Å². The molecule has 0 unspecified atom stereocenters. The summed E-state index contributed by atoms with van der Waals surface area (Å²) in [6.07, 6.45) is 0.150. The molecule has 2 rings (SSSR count). The minimum atomic E-state index is -0.329. The lowest BCUT2D eigenvalue weighted by molar-refractivity contribution is 0.0990. The van der Waals surface area contributed by atoms with Crippen LogP contribution in [0.25, 0.3) is 0 Å². The van der Waals surface area contributed by atoms with E-state index in [1.807, 2.05) is 6.92 Å².